The van der Waals surface area contributed by atoms with Gasteiger partial charge in [-0.05, 0) is 28.2 Å². The summed E-state index contributed by atoms with van der Waals surface area (Å²) in [5.41, 5.74) is 0. The molecular formula is C14H28N4. The highest BCUT2D eigenvalue weighted by Gasteiger charge is 2.33. The lowest BCUT2D eigenvalue weighted by Crippen LogP contribution is -2.63. The third-order valence-electron chi connectivity index (χ3n) is 3.64. The summed E-state index contributed by atoms with van der Waals surface area (Å²) in [6.45, 7) is 11.0. The highest BCUT2D eigenvalue weighted by Crippen LogP contribution is 2.17. The molecule has 0 saturated carbocycles. The van der Waals surface area contributed by atoms with Crippen molar-refractivity contribution in [3.8, 4) is 0 Å². The molecule has 0 bridgehead atoms. The van der Waals surface area contributed by atoms with E-state index in [0.717, 1.165) is 19.6 Å². The Balaban J connectivity index is 2.90. The Bertz CT molecular complexity index is 247. The summed E-state index contributed by atoms with van der Waals surface area (Å²) in [5, 5.41) is 3.48. The van der Waals surface area contributed by atoms with Crippen LogP contribution in [0.15, 0.2) is 25.3 Å². The standard InChI is InChI=1S/C14H28N4/c1-7-12(16(3)4)13-11-15-9-10-18(13)14(8-2)17(5)6/h7-8,12-15H,1-2,9-11H2,3-6H3. The van der Waals surface area contributed by atoms with Crippen molar-refractivity contribution in [2.24, 2.45) is 0 Å². The topological polar surface area (TPSA) is 21.8 Å². The Morgan fingerprint density at radius 3 is 2.28 bits per heavy atom. The van der Waals surface area contributed by atoms with Crippen molar-refractivity contribution in [3.63, 3.8) is 0 Å². The van der Waals surface area contributed by atoms with Gasteiger partial charge >= 0.3 is 0 Å². The minimum Gasteiger partial charge on any atom is -0.314 e. The summed E-state index contributed by atoms with van der Waals surface area (Å²) < 4.78 is 0. The van der Waals surface area contributed by atoms with E-state index >= 15 is 0 Å². The van der Waals surface area contributed by atoms with Crippen molar-refractivity contribution in [1.82, 2.24) is 20.0 Å². The molecule has 1 fully saturated rings. The highest BCUT2D eigenvalue weighted by molar-refractivity contribution is 5.02. The predicted molar refractivity (Wildman–Crippen MR) is 78.7 cm³/mol. The molecule has 0 aromatic rings. The van der Waals surface area contributed by atoms with Crippen LogP contribution >= 0.6 is 0 Å². The smallest absolute Gasteiger partial charge is 0.0811 e. The SMILES string of the molecule is C=CC(C1CNCCN1C(C=C)N(C)C)N(C)C. The van der Waals surface area contributed by atoms with E-state index in [1.807, 2.05) is 12.2 Å². The van der Waals surface area contributed by atoms with Crippen LogP contribution in [0.25, 0.3) is 0 Å². The van der Waals surface area contributed by atoms with Crippen molar-refractivity contribution in [2.75, 3.05) is 47.8 Å². The monoisotopic (exact) mass is 252 g/mol. The van der Waals surface area contributed by atoms with E-state index < -0.39 is 0 Å². The second kappa shape index (κ2) is 7.04. The van der Waals surface area contributed by atoms with Gasteiger partial charge in [0.05, 0.1) is 6.17 Å². The van der Waals surface area contributed by atoms with Crippen LogP contribution in [0, 0.1) is 0 Å². The lowest BCUT2D eigenvalue weighted by atomic mass is 10.0. The number of hydrogen-bond donors (Lipinski definition) is 1. The van der Waals surface area contributed by atoms with Crippen LogP contribution < -0.4 is 5.32 Å². The van der Waals surface area contributed by atoms with E-state index in [9.17, 15) is 0 Å². The van der Waals surface area contributed by atoms with Crippen LogP contribution in [0.4, 0.5) is 0 Å². The molecule has 18 heavy (non-hydrogen) atoms. The van der Waals surface area contributed by atoms with Crippen LogP contribution in [-0.2, 0) is 0 Å². The number of nitrogens with one attached hydrogen (secondary N) is 1. The fraction of sp³-hybridized carbons (Fsp3) is 0.714. The molecule has 0 amide bonds. The number of nitrogens with zero attached hydrogens (tertiary/aromatic N) is 3. The minimum atomic E-state index is 0.277. The minimum absolute atomic E-state index is 0.277. The van der Waals surface area contributed by atoms with E-state index in [4.69, 9.17) is 0 Å². The van der Waals surface area contributed by atoms with Crippen molar-refractivity contribution < 1.29 is 0 Å². The van der Waals surface area contributed by atoms with Gasteiger partial charge in [-0.25, -0.2) is 0 Å². The third kappa shape index (κ3) is 3.42. The maximum Gasteiger partial charge on any atom is 0.0811 e. The lowest BCUT2D eigenvalue weighted by molar-refractivity contribution is 0.0276. The summed E-state index contributed by atoms with van der Waals surface area (Å²) in [6.07, 6.45) is 4.34. The molecule has 3 unspecified atom stereocenters. The Labute approximate surface area is 112 Å². The molecule has 0 aromatic carbocycles. The molecule has 1 N–H and O–H groups in total. The molecule has 104 valence electrons. The molecule has 1 aliphatic rings. The zero-order chi connectivity index (χ0) is 13.7. The van der Waals surface area contributed by atoms with E-state index in [0.29, 0.717) is 12.1 Å². The van der Waals surface area contributed by atoms with Gasteiger partial charge in [0.25, 0.3) is 0 Å². The van der Waals surface area contributed by atoms with E-state index in [-0.39, 0.29) is 6.17 Å². The first-order chi connectivity index (χ1) is 8.52. The molecule has 4 nitrogen and oxygen atoms in total. The van der Waals surface area contributed by atoms with Gasteiger partial charge in [0.15, 0.2) is 0 Å². The van der Waals surface area contributed by atoms with Crippen molar-refractivity contribution in [1.29, 1.82) is 0 Å². The van der Waals surface area contributed by atoms with E-state index in [1.165, 1.54) is 0 Å². The number of likely N-dealkylation sites (N-methyl/N-ethyl adjacent to an activating group) is 2. The zero-order valence-corrected chi connectivity index (χ0v) is 12.3. The Hall–Kier alpha value is -0.680. The van der Waals surface area contributed by atoms with Crippen LogP contribution in [0.5, 0.6) is 0 Å². The summed E-state index contributed by atoms with van der Waals surface area (Å²) in [4.78, 5) is 6.95. The Morgan fingerprint density at radius 2 is 1.83 bits per heavy atom. The second-order valence-corrected chi connectivity index (χ2v) is 5.31. The maximum atomic E-state index is 3.99. The van der Waals surface area contributed by atoms with Gasteiger partial charge in [0.1, 0.15) is 0 Å². The van der Waals surface area contributed by atoms with Crippen molar-refractivity contribution >= 4 is 0 Å². The number of hydrogen-bond acceptors (Lipinski definition) is 4. The zero-order valence-electron chi connectivity index (χ0n) is 12.3. The fourth-order valence-corrected chi connectivity index (χ4v) is 2.74. The van der Waals surface area contributed by atoms with Gasteiger partial charge in [-0.1, -0.05) is 12.2 Å². The molecule has 3 atom stereocenters. The Morgan fingerprint density at radius 1 is 1.17 bits per heavy atom. The molecule has 0 aromatic heterocycles. The average Bonchev–Trinajstić information content (AvgIpc) is 2.32. The summed E-state index contributed by atoms with van der Waals surface area (Å²) >= 11 is 0. The molecule has 1 heterocycles. The summed E-state index contributed by atoms with van der Waals surface area (Å²) in [7, 11) is 8.42. The van der Waals surface area contributed by atoms with Crippen LogP contribution in [0.1, 0.15) is 0 Å². The molecule has 4 heteroatoms. The average molecular weight is 252 g/mol. The Kier molecular flexibility index (Phi) is 6.02. The highest BCUT2D eigenvalue weighted by atomic mass is 15.4. The molecule has 0 aliphatic carbocycles. The van der Waals surface area contributed by atoms with Gasteiger partial charge in [-0.3, -0.25) is 9.80 Å². The van der Waals surface area contributed by atoms with Crippen LogP contribution in [-0.4, -0.2) is 80.8 Å². The van der Waals surface area contributed by atoms with Gasteiger partial charge in [-0.15, -0.1) is 13.2 Å². The molecule has 1 saturated heterocycles. The largest absolute Gasteiger partial charge is 0.314 e. The molecule has 0 spiro atoms. The van der Waals surface area contributed by atoms with Gasteiger partial charge < -0.3 is 10.2 Å². The third-order valence-corrected chi connectivity index (χ3v) is 3.64. The quantitative estimate of drug-likeness (QED) is 0.693. The van der Waals surface area contributed by atoms with Gasteiger partial charge in [0, 0.05) is 31.7 Å². The molecule has 0 radical (unpaired) electrons. The number of piperazine rings is 1. The van der Waals surface area contributed by atoms with E-state index in [1.54, 1.807) is 0 Å². The first-order valence-corrected chi connectivity index (χ1v) is 6.57. The summed E-state index contributed by atoms with van der Waals surface area (Å²) in [6, 6.07) is 0.775. The molecule has 1 aliphatic heterocycles. The predicted octanol–water partition coefficient (Wildman–Crippen LogP) is 0.450. The van der Waals surface area contributed by atoms with E-state index in [2.05, 4.69) is 61.4 Å². The normalized spacial score (nSPS) is 25.1. The molecular weight excluding hydrogens is 224 g/mol. The first-order valence-electron chi connectivity index (χ1n) is 6.57. The second-order valence-electron chi connectivity index (χ2n) is 5.31. The van der Waals surface area contributed by atoms with Crippen molar-refractivity contribution in [2.45, 2.75) is 18.2 Å². The maximum absolute atomic E-state index is 3.99. The van der Waals surface area contributed by atoms with Gasteiger partial charge in [-0.2, -0.15) is 0 Å². The fourth-order valence-electron chi connectivity index (χ4n) is 2.74. The van der Waals surface area contributed by atoms with Crippen molar-refractivity contribution in [3.05, 3.63) is 25.3 Å². The summed E-state index contributed by atoms with van der Waals surface area (Å²) in [5.74, 6) is 0. The number of rotatable bonds is 6. The van der Waals surface area contributed by atoms with Crippen LogP contribution in [0.3, 0.4) is 0 Å². The first kappa shape index (κ1) is 15.4. The van der Waals surface area contributed by atoms with Gasteiger partial charge in [0.2, 0.25) is 0 Å². The molecule has 1 rings (SSSR count). The lowest BCUT2D eigenvalue weighted by Gasteiger charge is -2.46. The van der Waals surface area contributed by atoms with Crippen LogP contribution in [0.2, 0.25) is 0 Å².